The first-order chi connectivity index (χ1) is 11.3. The Labute approximate surface area is 140 Å². The van der Waals surface area contributed by atoms with Gasteiger partial charge >= 0.3 is 18.2 Å². The van der Waals surface area contributed by atoms with Gasteiger partial charge in [-0.05, 0) is 23.8 Å². The summed E-state index contributed by atoms with van der Waals surface area (Å²) in [6.45, 7) is -0.0921. The van der Waals surface area contributed by atoms with E-state index in [1.54, 1.807) is 30.3 Å². The average molecular weight is 358 g/mol. The fourth-order valence-corrected chi connectivity index (χ4v) is 2.05. The van der Waals surface area contributed by atoms with Gasteiger partial charge in [0.05, 0.1) is 6.54 Å². The lowest BCUT2D eigenvalue weighted by Crippen LogP contribution is -2.36. The molecule has 0 bridgehead atoms. The van der Waals surface area contributed by atoms with Crippen molar-refractivity contribution in [2.45, 2.75) is 12.7 Å². The molecule has 0 unspecified atom stereocenters. The van der Waals surface area contributed by atoms with Crippen molar-refractivity contribution in [2.75, 3.05) is 4.90 Å². The number of ether oxygens (including phenoxy) is 1. The number of alkyl halides is 3. The van der Waals surface area contributed by atoms with Gasteiger partial charge in [0.2, 0.25) is 0 Å². The number of carbonyl (C=O) groups excluding carboxylic acids is 2. The van der Waals surface area contributed by atoms with E-state index >= 15 is 0 Å². The van der Waals surface area contributed by atoms with Gasteiger partial charge < -0.3 is 4.74 Å². The van der Waals surface area contributed by atoms with Crippen molar-refractivity contribution in [3.05, 3.63) is 65.2 Å². The Bertz CT molecular complexity index is 735. The Kier molecular flexibility index (Phi) is 5.46. The standard InChI is InChI=1S/C16H11ClF3NO3/c17-12-7-4-8-13(9-12)21(10-11-5-2-1-3-6-11)15(23)24-14(22)16(18,19)20/h1-9H,10H2. The van der Waals surface area contributed by atoms with Gasteiger partial charge in [-0.2, -0.15) is 13.2 Å². The number of hydrogen-bond donors (Lipinski definition) is 0. The van der Waals surface area contributed by atoms with Crippen molar-refractivity contribution in [3.8, 4) is 0 Å². The molecule has 24 heavy (non-hydrogen) atoms. The lowest BCUT2D eigenvalue weighted by molar-refractivity contribution is -0.192. The van der Waals surface area contributed by atoms with Crippen LogP contribution in [0, 0.1) is 0 Å². The third kappa shape index (κ3) is 4.73. The minimum Gasteiger partial charge on any atom is -0.369 e. The molecule has 0 saturated heterocycles. The van der Waals surface area contributed by atoms with Crippen molar-refractivity contribution in [2.24, 2.45) is 0 Å². The van der Waals surface area contributed by atoms with E-state index in [9.17, 15) is 22.8 Å². The molecular formula is C16H11ClF3NO3. The van der Waals surface area contributed by atoms with Crippen LogP contribution in [0.4, 0.5) is 23.7 Å². The number of carbonyl (C=O) groups is 2. The number of amides is 1. The first-order valence-corrected chi connectivity index (χ1v) is 7.05. The molecule has 0 aliphatic carbocycles. The average Bonchev–Trinajstić information content (AvgIpc) is 2.52. The summed E-state index contributed by atoms with van der Waals surface area (Å²) in [6, 6.07) is 14.4. The minimum atomic E-state index is -5.26. The lowest BCUT2D eigenvalue weighted by Gasteiger charge is -2.22. The molecule has 2 aromatic carbocycles. The summed E-state index contributed by atoms with van der Waals surface area (Å²) in [5.74, 6) is -2.58. The summed E-state index contributed by atoms with van der Waals surface area (Å²) < 4.78 is 40.8. The molecule has 0 atom stereocenters. The highest BCUT2D eigenvalue weighted by Gasteiger charge is 2.43. The first-order valence-electron chi connectivity index (χ1n) is 6.67. The molecule has 8 heteroatoms. The van der Waals surface area contributed by atoms with Crippen LogP contribution in [0.25, 0.3) is 0 Å². The Morgan fingerprint density at radius 2 is 1.71 bits per heavy atom. The second-order valence-corrected chi connectivity index (χ2v) is 5.14. The maximum Gasteiger partial charge on any atom is 0.491 e. The molecule has 4 nitrogen and oxygen atoms in total. The predicted molar refractivity (Wildman–Crippen MR) is 81.6 cm³/mol. The molecule has 0 radical (unpaired) electrons. The summed E-state index contributed by atoms with van der Waals surface area (Å²) in [7, 11) is 0. The highest BCUT2D eigenvalue weighted by Crippen LogP contribution is 2.24. The van der Waals surface area contributed by atoms with E-state index in [1.807, 2.05) is 0 Å². The largest absolute Gasteiger partial charge is 0.491 e. The van der Waals surface area contributed by atoms with Gasteiger partial charge in [0, 0.05) is 10.7 Å². The normalized spacial score (nSPS) is 11.0. The maximum atomic E-state index is 12.3. The minimum absolute atomic E-state index is 0.0921. The predicted octanol–water partition coefficient (Wildman–Crippen LogP) is 4.57. The second-order valence-electron chi connectivity index (χ2n) is 4.70. The van der Waals surface area contributed by atoms with Gasteiger partial charge in [-0.25, -0.2) is 9.59 Å². The van der Waals surface area contributed by atoms with Crippen LogP contribution >= 0.6 is 11.6 Å². The zero-order valence-corrected chi connectivity index (χ0v) is 12.8. The van der Waals surface area contributed by atoms with Gasteiger partial charge in [0.25, 0.3) is 0 Å². The summed E-state index contributed by atoms with van der Waals surface area (Å²) in [5, 5.41) is 0.278. The van der Waals surface area contributed by atoms with Crippen LogP contribution < -0.4 is 4.90 Å². The monoisotopic (exact) mass is 357 g/mol. The van der Waals surface area contributed by atoms with E-state index in [0.29, 0.717) is 5.56 Å². The smallest absolute Gasteiger partial charge is 0.369 e. The fourth-order valence-electron chi connectivity index (χ4n) is 1.86. The molecule has 0 N–H and O–H groups in total. The molecule has 0 aliphatic heterocycles. The van der Waals surface area contributed by atoms with Gasteiger partial charge in [0.15, 0.2) is 0 Å². The van der Waals surface area contributed by atoms with E-state index < -0.39 is 18.2 Å². The summed E-state index contributed by atoms with van der Waals surface area (Å²) in [6.07, 6.45) is -6.70. The van der Waals surface area contributed by atoms with Crippen molar-refractivity contribution in [1.29, 1.82) is 0 Å². The van der Waals surface area contributed by atoms with Crippen molar-refractivity contribution < 1.29 is 27.5 Å². The van der Waals surface area contributed by atoms with Gasteiger partial charge in [0.1, 0.15) is 0 Å². The van der Waals surface area contributed by atoms with Crippen LogP contribution in [-0.4, -0.2) is 18.2 Å². The van der Waals surface area contributed by atoms with Crippen LogP contribution in [0.3, 0.4) is 0 Å². The van der Waals surface area contributed by atoms with E-state index in [4.69, 9.17) is 11.6 Å². The molecule has 0 heterocycles. The van der Waals surface area contributed by atoms with Crippen molar-refractivity contribution in [1.82, 2.24) is 0 Å². The maximum absolute atomic E-state index is 12.3. The Morgan fingerprint density at radius 1 is 1.04 bits per heavy atom. The van der Waals surface area contributed by atoms with Gasteiger partial charge in [-0.3, -0.25) is 4.90 Å². The number of benzene rings is 2. The number of anilines is 1. The second kappa shape index (κ2) is 7.35. The third-order valence-corrected chi connectivity index (χ3v) is 3.17. The Balaban J connectivity index is 2.28. The zero-order chi connectivity index (χ0) is 17.7. The molecule has 2 rings (SSSR count). The molecule has 2 aromatic rings. The van der Waals surface area contributed by atoms with E-state index in [-0.39, 0.29) is 17.3 Å². The van der Waals surface area contributed by atoms with E-state index in [0.717, 1.165) is 4.90 Å². The lowest BCUT2D eigenvalue weighted by atomic mass is 10.2. The molecule has 126 valence electrons. The molecule has 0 fully saturated rings. The SMILES string of the molecule is O=C(OC(=O)C(F)(F)F)N(Cc1ccccc1)c1cccc(Cl)c1. The topological polar surface area (TPSA) is 46.6 Å². The van der Waals surface area contributed by atoms with Crippen LogP contribution in [0.1, 0.15) is 5.56 Å². The number of hydrogen-bond acceptors (Lipinski definition) is 3. The third-order valence-electron chi connectivity index (χ3n) is 2.94. The highest BCUT2D eigenvalue weighted by molar-refractivity contribution is 6.30. The van der Waals surface area contributed by atoms with Crippen molar-refractivity contribution >= 4 is 29.4 Å². The Morgan fingerprint density at radius 3 is 2.29 bits per heavy atom. The fraction of sp³-hybridized carbons (Fsp3) is 0.125. The first kappa shape index (κ1) is 17.8. The number of nitrogens with zero attached hydrogens (tertiary/aromatic N) is 1. The molecule has 1 amide bonds. The number of halogens is 4. The highest BCUT2D eigenvalue weighted by atomic mass is 35.5. The number of esters is 1. The van der Waals surface area contributed by atoms with E-state index in [1.165, 1.54) is 24.3 Å². The van der Waals surface area contributed by atoms with E-state index in [2.05, 4.69) is 4.74 Å². The summed E-state index contributed by atoms with van der Waals surface area (Å²) in [5.41, 5.74) is 0.834. The van der Waals surface area contributed by atoms with Crippen LogP contribution in [-0.2, 0) is 16.1 Å². The summed E-state index contributed by atoms with van der Waals surface area (Å²) >= 11 is 5.85. The molecule has 0 aromatic heterocycles. The Hall–Kier alpha value is -2.54. The zero-order valence-electron chi connectivity index (χ0n) is 12.1. The van der Waals surface area contributed by atoms with Crippen molar-refractivity contribution in [3.63, 3.8) is 0 Å². The summed E-state index contributed by atoms with van der Waals surface area (Å²) in [4.78, 5) is 23.9. The molecule has 0 aliphatic rings. The quantitative estimate of drug-likeness (QED) is 0.597. The molecule has 0 saturated carbocycles. The molecular weight excluding hydrogens is 347 g/mol. The van der Waals surface area contributed by atoms with Crippen LogP contribution in [0.15, 0.2) is 54.6 Å². The van der Waals surface area contributed by atoms with Gasteiger partial charge in [-0.15, -0.1) is 0 Å². The molecule has 0 spiro atoms. The van der Waals surface area contributed by atoms with Gasteiger partial charge in [-0.1, -0.05) is 48.0 Å². The van der Waals surface area contributed by atoms with Crippen LogP contribution in [0.2, 0.25) is 5.02 Å². The number of rotatable bonds is 3. The van der Waals surface area contributed by atoms with Crippen LogP contribution in [0.5, 0.6) is 0 Å².